The lowest BCUT2D eigenvalue weighted by Crippen LogP contribution is -2.37. The fourth-order valence-corrected chi connectivity index (χ4v) is 4.89. The molecule has 1 aromatic carbocycles. The maximum absolute atomic E-state index is 11.8. The van der Waals surface area contributed by atoms with Crippen molar-refractivity contribution < 1.29 is 9.53 Å². The fourth-order valence-electron chi connectivity index (χ4n) is 3.14. The predicted octanol–water partition coefficient (Wildman–Crippen LogP) is 5.35. The van der Waals surface area contributed by atoms with Gasteiger partial charge in [0.15, 0.2) is 5.11 Å². The highest BCUT2D eigenvalue weighted by Gasteiger charge is 2.18. The van der Waals surface area contributed by atoms with E-state index in [1.54, 1.807) is 0 Å². The van der Waals surface area contributed by atoms with Gasteiger partial charge in [0.1, 0.15) is 4.88 Å². The Morgan fingerprint density at radius 1 is 1.28 bits per heavy atom. The van der Waals surface area contributed by atoms with Crippen LogP contribution in [0.5, 0.6) is 0 Å². The van der Waals surface area contributed by atoms with Gasteiger partial charge >= 0.3 is 5.97 Å². The summed E-state index contributed by atoms with van der Waals surface area (Å²) in [5.41, 5.74) is 0.882. The second-order valence-electron chi connectivity index (χ2n) is 6.23. The summed E-state index contributed by atoms with van der Waals surface area (Å²) in [5, 5.41) is 8.59. The van der Waals surface area contributed by atoms with Gasteiger partial charge in [0.2, 0.25) is 0 Å². The largest absolute Gasteiger partial charge is 0.465 e. The van der Waals surface area contributed by atoms with Crippen LogP contribution in [-0.4, -0.2) is 24.2 Å². The Morgan fingerprint density at radius 3 is 2.68 bits per heavy atom. The molecule has 7 heteroatoms. The average molecular weight is 397 g/mol. The van der Waals surface area contributed by atoms with Crippen molar-refractivity contribution in [1.82, 2.24) is 5.32 Å². The molecule has 1 heterocycles. The third-order valence-electron chi connectivity index (χ3n) is 4.45. The van der Waals surface area contributed by atoms with Crippen molar-refractivity contribution in [3.8, 4) is 0 Å². The normalized spacial score (nSPS) is 15.6. The molecular formula is C18H21ClN2O2S2. The number of rotatable bonds is 3. The molecule has 0 unspecified atom stereocenters. The van der Waals surface area contributed by atoms with Gasteiger partial charge in [0.05, 0.1) is 12.1 Å². The van der Waals surface area contributed by atoms with Gasteiger partial charge in [-0.3, -0.25) is 0 Å². The van der Waals surface area contributed by atoms with Gasteiger partial charge in [-0.25, -0.2) is 4.79 Å². The van der Waals surface area contributed by atoms with E-state index in [-0.39, 0.29) is 0 Å². The molecule has 0 amide bonds. The van der Waals surface area contributed by atoms with Gasteiger partial charge in [0, 0.05) is 21.8 Å². The molecule has 1 aliphatic rings. The second kappa shape index (κ2) is 8.34. The molecule has 0 aliphatic heterocycles. The average Bonchev–Trinajstić information content (AvgIpc) is 2.76. The molecule has 3 rings (SSSR count). The smallest absolute Gasteiger partial charge is 0.349 e. The third-order valence-corrected chi connectivity index (χ3v) is 6.31. The van der Waals surface area contributed by atoms with E-state index in [4.69, 9.17) is 28.6 Å². The van der Waals surface area contributed by atoms with Crippen molar-refractivity contribution in [3.63, 3.8) is 0 Å². The number of halogens is 1. The van der Waals surface area contributed by atoms with E-state index in [2.05, 4.69) is 10.6 Å². The highest BCUT2D eigenvalue weighted by atomic mass is 35.5. The van der Waals surface area contributed by atoms with E-state index in [0.717, 1.165) is 15.8 Å². The number of hydrogen-bond donors (Lipinski definition) is 2. The molecule has 0 atom stereocenters. The van der Waals surface area contributed by atoms with Gasteiger partial charge in [-0.15, -0.1) is 11.3 Å². The first kappa shape index (κ1) is 18.4. The summed E-state index contributed by atoms with van der Waals surface area (Å²) in [6.45, 7) is 0. The third kappa shape index (κ3) is 4.43. The SMILES string of the molecule is COC(=O)c1sc2cc(NC(=S)NC3CCCCCC3)ccc2c1Cl. The summed E-state index contributed by atoms with van der Waals surface area (Å²) in [6.07, 6.45) is 7.49. The Morgan fingerprint density at radius 2 is 2.00 bits per heavy atom. The van der Waals surface area contributed by atoms with E-state index in [1.807, 2.05) is 18.2 Å². The molecule has 0 radical (unpaired) electrons. The monoisotopic (exact) mass is 396 g/mol. The topological polar surface area (TPSA) is 50.4 Å². The number of carbonyl (C=O) groups excluding carboxylic acids is 1. The Balaban J connectivity index is 1.71. The summed E-state index contributed by atoms with van der Waals surface area (Å²) < 4.78 is 5.70. The van der Waals surface area contributed by atoms with E-state index in [0.29, 0.717) is 21.1 Å². The fraction of sp³-hybridized carbons (Fsp3) is 0.444. The molecule has 0 saturated heterocycles. The molecule has 25 heavy (non-hydrogen) atoms. The van der Waals surface area contributed by atoms with E-state index in [1.165, 1.54) is 57.0 Å². The van der Waals surface area contributed by atoms with Crippen LogP contribution in [-0.2, 0) is 4.74 Å². The number of anilines is 1. The van der Waals surface area contributed by atoms with Crippen LogP contribution in [0.15, 0.2) is 18.2 Å². The van der Waals surface area contributed by atoms with E-state index >= 15 is 0 Å². The van der Waals surface area contributed by atoms with Gasteiger partial charge in [-0.2, -0.15) is 0 Å². The van der Waals surface area contributed by atoms with Crippen LogP contribution in [0.2, 0.25) is 5.02 Å². The number of methoxy groups -OCH3 is 1. The van der Waals surface area contributed by atoms with Crippen LogP contribution in [0.1, 0.15) is 48.2 Å². The summed E-state index contributed by atoms with van der Waals surface area (Å²) >= 11 is 13.1. The van der Waals surface area contributed by atoms with Crippen LogP contribution in [0.3, 0.4) is 0 Å². The number of nitrogens with one attached hydrogen (secondary N) is 2. The molecule has 134 valence electrons. The minimum Gasteiger partial charge on any atom is -0.465 e. The molecule has 0 spiro atoms. The van der Waals surface area contributed by atoms with Crippen molar-refractivity contribution in [1.29, 1.82) is 0 Å². The highest BCUT2D eigenvalue weighted by Crippen LogP contribution is 2.37. The molecule has 1 aliphatic carbocycles. The first-order valence-corrected chi connectivity index (χ1v) is 10.1. The highest BCUT2D eigenvalue weighted by molar-refractivity contribution is 7.80. The van der Waals surface area contributed by atoms with E-state index < -0.39 is 5.97 Å². The molecule has 1 aromatic heterocycles. The van der Waals surface area contributed by atoms with Crippen LogP contribution in [0.25, 0.3) is 10.1 Å². The van der Waals surface area contributed by atoms with Crippen molar-refractivity contribution in [2.75, 3.05) is 12.4 Å². The number of ether oxygens (including phenoxy) is 1. The maximum atomic E-state index is 11.8. The Kier molecular flexibility index (Phi) is 6.15. The zero-order valence-corrected chi connectivity index (χ0v) is 16.5. The number of thiophene rings is 1. The Hall–Kier alpha value is -1.37. The quantitative estimate of drug-likeness (QED) is 0.416. The van der Waals surface area contributed by atoms with E-state index in [9.17, 15) is 4.79 Å². The number of esters is 1. The summed E-state index contributed by atoms with van der Waals surface area (Å²) in [6, 6.07) is 6.23. The molecule has 2 aromatic rings. The van der Waals surface area contributed by atoms with Crippen molar-refractivity contribution in [2.45, 2.75) is 44.6 Å². The Labute approximate surface area is 161 Å². The maximum Gasteiger partial charge on any atom is 0.349 e. The van der Waals surface area contributed by atoms with Gasteiger partial charge in [-0.05, 0) is 43.3 Å². The second-order valence-corrected chi connectivity index (χ2v) is 8.07. The number of carbonyl (C=O) groups is 1. The van der Waals surface area contributed by atoms with Crippen LogP contribution in [0.4, 0.5) is 5.69 Å². The number of fused-ring (bicyclic) bond motifs is 1. The number of thiocarbonyl (C=S) groups is 1. The van der Waals surface area contributed by atoms with Crippen LogP contribution >= 0.6 is 35.2 Å². The summed E-state index contributed by atoms with van der Waals surface area (Å²) in [5.74, 6) is -0.411. The number of hydrogen-bond acceptors (Lipinski definition) is 4. The van der Waals surface area contributed by atoms with Gasteiger partial charge in [0.25, 0.3) is 0 Å². The van der Waals surface area contributed by atoms with Gasteiger partial charge < -0.3 is 15.4 Å². The lowest BCUT2D eigenvalue weighted by atomic mass is 10.1. The zero-order valence-electron chi connectivity index (χ0n) is 14.1. The van der Waals surface area contributed by atoms with Gasteiger partial charge in [-0.1, -0.05) is 37.3 Å². The molecule has 2 N–H and O–H groups in total. The zero-order chi connectivity index (χ0) is 17.8. The minimum absolute atomic E-state index is 0.411. The molecular weight excluding hydrogens is 376 g/mol. The van der Waals surface area contributed by atoms with Crippen molar-refractivity contribution in [3.05, 3.63) is 28.1 Å². The predicted molar refractivity (Wildman–Crippen MR) is 109 cm³/mol. The van der Waals surface area contributed by atoms with Crippen molar-refractivity contribution in [2.24, 2.45) is 0 Å². The molecule has 0 bridgehead atoms. The lowest BCUT2D eigenvalue weighted by Gasteiger charge is -2.19. The Bertz CT molecular complexity index is 783. The minimum atomic E-state index is -0.411. The first-order chi connectivity index (χ1) is 12.1. The number of benzene rings is 1. The molecule has 1 fully saturated rings. The molecule has 4 nitrogen and oxygen atoms in total. The summed E-state index contributed by atoms with van der Waals surface area (Å²) in [7, 11) is 1.35. The standard InChI is InChI=1S/C18H21ClN2O2S2/c1-23-17(22)16-15(19)13-9-8-12(10-14(13)25-16)21-18(24)20-11-6-4-2-3-5-7-11/h8-11H,2-7H2,1H3,(H2,20,21,24). The lowest BCUT2D eigenvalue weighted by molar-refractivity contribution is 0.0606. The van der Waals surface area contributed by atoms with Crippen LogP contribution < -0.4 is 10.6 Å². The first-order valence-electron chi connectivity index (χ1n) is 8.46. The summed E-state index contributed by atoms with van der Waals surface area (Å²) in [4.78, 5) is 12.2. The van der Waals surface area contributed by atoms with Crippen LogP contribution in [0, 0.1) is 0 Å². The van der Waals surface area contributed by atoms with Crippen molar-refractivity contribution >= 4 is 62.0 Å². The molecule has 1 saturated carbocycles.